The molecule has 6 rings (SSSR count). The molecule has 0 aromatic heterocycles. The van der Waals surface area contributed by atoms with E-state index in [1.807, 2.05) is 37.3 Å². The zero-order valence-corrected chi connectivity index (χ0v) is 30.4. The molecule has 2 bridgehead atoms. The number of benzene rings is 2. The summed E-state index contributed by atoms with van der Waals surface area (Å²) in [5, 5.41) is 12.0. The molecule has 0 spiro atoms. The molecule has 0 radical (unpaired) electrons. The molecule has 1 amide bonds. The third-order valence-corrected chi connectivity index (χ3v) is 14.3. The highest BCUT2D eigenvalue weighted by atomic mass is 35.5. The highest BCUT2D eigenvalue weighted by Gasteiger charge is 2.43. The van der Waals surface area contributed by atoms with Crippen LogP contribution in [-0.2, 0) is 23.1 Å². The van der Waals surface area contributed by atoms with Crippen molar-refractivity contribution in [2.24, 2.45) is 29.6 Å². The number of rotatable bonds is 2. The number of anilines is 1. The molecular formula is C38H54ClN3O5S. The number of likely N-dealkylation sites (tertiary alicyclic amines) is 1. The first kappa shape index (κ1) is 35.5. The summed E-state index contributed by atoms with van der Waals surface area (Å²) in [6.45, 7) is 7.68. The van der Waals surface area contributed by atoms with Crippen molar-refractivity contribution >= 4 is 33.2 Å². The second kappa shape index (κ2) is 15.3. The van der Waals surface area contributed by atoms with E-state index in [4.69, 9.17) is 16.3 Å². The molecule has 4 aliphatic rings. The number of ether oxygens (including phenoxy) is 1. The summed E-state index contributed by atoms with van der Waals surface area (Å²) in [4.78, 5) is 18.2. The Kier molecular flexibility index (Phi) is 11.3. The first-order chi connectivity index (χ1) is 23.0. The molecule has 6 atom stereocenters. The number of carbonyl (C=O) groups is 1. The number of nitrogens with zero attached hydrogens (tertiary/aromatic N) is 2. The standard InChI is InChI=1S/C38H54ClN3O5S/c1-25-7-6-9-34(37(43)27-16-19-41(3)20-17-27)33-14-11-30(33)23-42-18-5-4-8-28-21-32(39)13-10-31(28)24-47-36-15-12-29(22-35(36)42)38(44)40-48(45,46)26(25)2/h10,12-13,15,21-22,25-27,30,33-34,37,43H,4-9,11,14,16-20,23-24H2,1-3H3,(H,40,44)/t25-,26+,30-,33+,34-,37+/m0/s1. The molecule has 8 nitrogen and oxygen atoms in total. The van der Waals surface area contributed by atoms with Crippen molar-refractivity contribution in [3.63, 3.8) is 0 Å². The van der Waals surface area contributed by atoms with E-state index in [0.717, 1.165) is 107 Å². The number of hydrogen-bond acceptors (Lipinski definition) is 7. The number of amides is 1. The van der Waals surface area contributed by atoms with Gasteiger partial charge in [-0.2, -0.15) is 0 Å². The summed E-state index contributed by atoms with van der Waals surface area (Å²) >= 11 is 6.37. The van der Waals surface area contributed by atoms with Gasteiger partial charge in [-0.05, 0) is 156 Å². The van der Waals surface area contributed by atoms with E-state index in [-0.39, 0.29) is 17.9 Å². The van der Waals surface area contributed by atoms with E-state index in [2.05, 4.69) is 21.6 Å². The normalized spacial score (nSPS) is 30.0. The summed E-state index contributed by atoms with van der Waals surface area (Å²) in [5.41, 5.74) is 3.41. The van der Waals surface area contributed by atoms with Crippen molar-refractivity contribution in [3.05, 3.63) is 58.1 Å². The van der Waals surface area contributed by atoms with E-state index in [0.29, 0.717) is 35.7 Å². The van der Waals surface area contributed by atoms with E-state index in [1.165, 1.54) is 5.56 Å². The number of carbonyl (C=O) groups excluding carboxylic acids is 1. The first-order valence-electron chi connectivity index (χ1n) is 18.2. The van der Waals surface area contributed by atoms with Gasteiger partial charge in [-0.1, -0.05) is 31.0 Å². The third-order valence-electron chi connectivity index (χ3n) is 12.1. The highest BCUT2D eigenvalue weighted by molar-refractivity contribution is 7.90. The van der Waals surface area contributed by atoms with Gasteiger partial charge in [0.15, 0.2) is 0 Å². The van der Waals surface area contributed by atoms with Gasteiger partial charge in [-0.25, -0.2) is 13.1 Å². The fourth-order valence-electron chi connectivity index (χ4n) is 8.60. The van der Waals surface area contributed by atoms with Crippen LogP contribution in [-0.4, -0.2) is 68.9 Å². The van der Waals surface area contributed by atoms with Crippen LogP contribution in [0.5, 0.6) is 5.75 Å². The second-order valence-corrected chi connectivity index (χ2v) is 17.6. The SMILES string of the molecule is C[C@@H]1[C@@H](C)CCC[C@H]([C@H](O)C2CCN(C)CC2)[C@@H]2CC[C@H]2CN2CCCCc3cc(Cl)ccc3COc3ccc(cc32)C(=O)NS1(=O)=O. The molecule has 264 valence electrons. The minimum absolute atomic E-state index is 0.129. The maximum Gasteiger partial charge on any atom is 0.264 e. The van der Waals surface area contributed by atoms with E-state index >= 15 is 0 Å². The lowest BCUT2D eigenvalue weighted by Crippen LogP contribution is -2.48. The molecule has 1 saturated carbocycles. The van der Waals surface area contributed by atoms with Crippen LogP contribution in [0.1, 0.15) is 93.1 Å². The lowest BCUT2D eigenvalue weighted by Gasteiger charge is -2.48. The molecule has 1 aliphatic carbocycles. The van der Waals surface area contributed by atoms with Crippen LogP contribution in [0.3, 0.4) is 0 Å². The molecule has 2 fully saturated rings. The number of aliphatic hydroxyl groups is 1. The molecule has 1 saturated heterocycles. The van der Waals surface area contributed by atoms with Crippen LogP contribution in [0.2, 0.25) is 5.02 Å². The van der Waals surface area contributed by atoms with Crippen LogP contribution in [0, 0.1) is 29.6 Å². The fourth-order valence-corrected chi connectivity index (χ4v) is 10.1. The Morgan fingerprint density at radius 3 is 2.48 bits per heavy atom. The van der Waals surface area contributed by atoms with Gasteiger partial charge in [0.05, 0.1) is 17.0 Å². The number of aliphatic hydroxyl groups excluding tert-OH is 1. The molecule has 0 unspecified atom stereocenters. The predicted molar refractivity (Wildman–Crippen MR) is 192 cm³/mol. The lowest BCUT2D eigenvalue weighted by atomic mass is 9.62. The number of fused-ring (bicyclic) bond motifs is 3. The molecular weight excluding hydrogens is 646 g/mol. The number of nitrogens with one attached hydrogen (secondary N) is 1. The average molecular weight is 700 g/mol. The summed E-state index contributed by atoms with van der Waals surface area (Å²) < 4.78 is 35.8. The number of halogens is 1. The minimum Gasteiger partial charge on any atom is -0.487 e. The molecule has 3 heterocycles. The van der Waals surface area contributed by atoms with Crippen LogP contribution < -0.4 is 14.4 Å². The maximum atomic E-state index is 13.5. The summed E-state index contributed by atoms with van der Waals surface area (Å²) in [6, 6.07) is 11.3. The topological polar surface area (TPSA) is 99.2 Å². The number of piperidine rings is 1. The number of sulfonamides is 1. The van der Waals surface area contributed by atoms with Crippen molar-refractivity contribution in [1.29, 1.82) is 0 Å². The summed E-state index contributed by atoms with van der Waals surface area (Å²) in [7, 11) is -1.75. The van der Waals surface area contributed by atoms with Crippen molar-refractivity contribution in [2.75, 3.05) is 38.1 Å². The Morgan fingerprint density at radius 2 is 1.73 bits per heavy atom. The lowest BCUT2D eigenvalue weighted by molar-refractivity contribution is -0.0413. The Balaban J connectivity index is 1.36. The zero-order valence-electron chi connectivity index (χ0n) is 28.9. The Bertz CT molecular complexity index is 1540. The highest BCUT2D eigenvalue weighted by Crippen LogP contribution is 2.47. The molecule has 2 N–H and O–H groups in total. The molecule has 3 aliphatic heterocycles. The smallest absolute Gasteiger partial charge is 0.264 e. The Hall–Kier alpha value is -2.33. The Labute approximate surface area is 292 Å². The van der Waals surface area contributed by atoms with Gasteiger partial charge in [0.1, 0.15) is 12.4 Å². The van der Waals surface area contributed by atoms with Gasteiger partial charge < -0.3 is 19.6 Å². The third kappa shape index (κ3) is 8.00. The van der Waals surface area contributed by atoms with Crippen molar-refractivity contribution in [1.82, 2.24) is 9.62 Å². The van der Waals surface area contributed by atoms with Gasteiger partial charge in [-0.15, -0.1) is 0 Å². The van der Waals surface area contributed by atoms with Crippen LogP contribution in [0.25, 0.3) is 0 Å². The van der Waals surface area contributed by atoms with Gasteiger partial charge in [0.2, 0.25) is 10.0 Å². The van der Waals surface area contributed by atoms with Gasteiger partial charge in [0.25, 0.3) is 5.91 Å². The molecule has 2 aromatic carbocycles. The number of aryl methyl sites for hydroxylation is 1. The van der Waals surface area contributed by atoms with Crippen molar-refractivity contribution in [3.8, 4) is 5.75 Å². The van der Waals surface area contributed by atoms with Crippen LogP contribution in [0.4, 0.5) is 5.69 Å². The van der Waals surface area contributed by atoms with Gasteiger partial charge in [-0.3, -0.25) is 4.79 Å². The monoisotopic (exact) mass is 699 g/mol. The van der Waals surface area contributed by atoms with E-state index in [9.17, 15) is 18.3 Å². The zero-order chi connectivity index (χ0) is 34.0. The first-order valence-corrected chi connectivity index (χ1v) is 20.1. The van der Waals surface area contributed by atoms with E-state index < -0.39 is 21.2 Å². The maximum absolute atomic E-state index is 13.5. The van der Waals surface area contributed by atoms with Crippen LogP contribution in [0.15, 0.2) is 36.4 Å². The minimum atomic E-state index is -3.91. The molecule has 48 heavy (non-hydrogen) atoms. The fraction of sp³-hybridized carbons (Fsp3) is 0.658. The second-order valence-electron chi connectivity index (χ2n) is 15.2. The van der Waals surface area contributed by atoms with Crippen LogP contribution >= 0.6 is 11.6 Å². The van der Waals surface area contributed by atoms with Crippen molar-refractivity contribution < 1.29 is 23.1 Å². The average Bonchev–Trinajstić information content (AvgIpc) is 3.08. The quantitative estimate of drug-likeness (QED) is 0.361. The summed E-state index contributed by atoms with van der Waals surface area (Å²) in [6.07, 6.45) is 9.23. The van der Waals surface area contributed by atoms with E-state index in [1.54, 1.807) is 13.0 Å². The molecule has 2 aromatic rings. The largest absolute Gasteiger partial charge is 0.487 e. The predicted octanol–water partition coefficient (Wildman–Crippen LogP) is 6.67. The Morgan fingerprint density at radius 1 is 0.938 bits per heavy atom. The molecule has 10 heteroatoms. The van der Waals surface area contributed by atoms with Crippen molar-refractivity contribution in [2.45, 2.75) is 96.0 Å². The van der Waals surface area contributed by atoms with Gasteiger partial charge in [0, 0.05) is 23.7 Å². The number of hydrogen-bond donors (Lipinski definition) is 2. The van der Waals surface area contributed by atoms with Gasteiger partial charge >= 0.3 is 0 Å². The summed E-state index contributed by atoms with van der Waals surface area (Å²) in [5.74, 6) is 1.26.